The van der Waals surface area contributed by atoms with Crippen molar-refractivity contribution < 1.29 is 5.11 Å². The van der Waals surface area contributed by atoms with Crippen LogP contribution in [0.5, 0.6) is 0 Å². The second-order valence-corrected chi connectivity index (χ2v) is 7.97. The SMILES string of the molecule is O[C@@H](c1cnc2c(cnn2-c2cccc(-c3ncn[nH]3)c2)c1)[C@@H]1CCCS1. The van der Waals surface area contributed by atoms with Crippen molar-refractivity contribution in [2.75, 3.05) is 5.75 Å². The lowest BCUT2D eigenvalue weighted by Crippen LogP contribution is -2.12. The summed E-state index contributed by atoms with van der Waals surface area (Å²) in [5, 5.41) is 23.1. The number of pyridine rings is 1. The molecule has 0 spiro atoms. The predicted octanol–water partition coefficient (Wildman–Crippen LogP) is 3.13. The zero-order chi connectivity index (χ0) is 18.2. The number of benzene rings is 1. The fourth-order valence-corrected chi connectivity index (χ4v) is 4.79. The number of hydrogen-bond donors (Lipinski definition) is 2. The molecule has 7 nitrogen and oxygen atoms in total. The third kappa shape index (κ3) is 3.00. The van der Waals surface area contributed by atoms with Gasteiger partial charge in [0.2, 0.25) is 0 Å². The summed E-state index contributed by atoms with van der Waals surface area (Å²) in [5.74, 6) is 1.83. The van der Waals surface area contributed by atoms with Gasteiger partial charge in [-0.3, -0.25) is 5.10 Å². The van der Waals surface area contributed by atoms with Gasteiger partial charge in [0.15, 0.2) is 11.5 Å². The van der Waals surface area contributed by atoms with Gasteiger partial charge in [-0.1, -0.05) is 12.1 Å². The van der Waals surface area contributed by atoms with Crippen LogP contribution in [-0.2, 0) is 0 Å². The number of aromatic amines is 1. The fourth-order valence-electron chi connectivity index (χ4n) is 3.48. The maximum Gasteiger partial charge on any atom is 0.162 e. The van der Waals surface area contributed by atoms with Crippen LogP contribution in [0.1, 0.15) is 24.5 Å². The normalized spacial score (nSPS) is 18.2. The van der Waals surface area contributed by atoms with E-state index >= 15 is 0 Å². The standard InChI is InChI=1S/C19H18N6OS/c26-17(16-5-2-6-27-16)13-7-14-10-23-25(19(14)20-9-13)15-4-1-3-12(8-15)18-21-11-22-24-18/h1,3-4,7-11,16-17,26H,2,5-6H2,(H,21,22,24)/t16-,17-/m0/s1. The Morgan fingerprint density at radius 2 is 2.19 bits per heavy atom. The summed E-state index contributed by atoms with van der Waals surface area (Å²) >= 11 is 1.84. The van der Waals surface area contributed by atoms with Gasteiger partial charge in [-0.05, 0) is 36.8 Å². The summed E-state index contributed by atoms with van der Waals surface area (Å²) in [5.41, 5.74) is 3.45. The van der Waals surface area contributed by atoms with Gasteiger partial charge in [-0.25, -0.2) is 14.6 Å². The van der Waals surface area contributed by atoms with Crippen molar-refractivity contribution in [3.8, 4) is 17.1 Å². The Balaban J connectivity index is 1.51. The molecule has 4 heterocycles. The van der Waals surface area contributed by atoms with Gasteiger partial charge in [-0.2, -0.15) is 22.0 Å². The van der Waals surface area contributed by atoms with Crippen LogP contribution >= 0.6 is 11.8 Å². The van der Waals surface area contributed by atoms with Gasteiger partial charge < -0.3 is 5.11 Å². The van der Waals surface area contributed by atoms with E-state index in [-0.39, 0.29) is 5.25 Å². The van der Waals surface area contributed by atoms with E-state index in [9.17, 15) is 5.11 Å². The molecule has 4 aromatic rings. The predicted molar refractivity (Wildman–Crippen MR) is 105 cm³/mol. The maximum absolute atomic E-state index is 10.6. The summed E-state index contributed by atoms with van der Waals surface area (Å²) in [6, 6.07) is 9.89. The lowest BCUT2D eigenvalue weighted by Gasteiger charge is -2.17. The van der Waals surface area contributed by atoms with Gasteiger partial charge in [0.25, 0.3) is 0 Å². The molecule has 0 aliphatic carbocycles. The molecule has 136 valence electrons. The first-order chi connectivity index (χ1) is 13.3. The summed E-state index contributed by atoms with van der Waals surface area (Å²) < 4.78 is 1.80. The van der Waals surface area contributed by atoms with Gasteiger partial charge in [0.05, 0.1) is 18.0 Å². The number of hydrogen-bond acceptors (Lipinski definition) is 6. The molecule has 1 saturated heterocycles. The number of H-pyrrole nitrogens is 1. The van der Waals surface area contributed by atoms with Crippen molar-refractivity contribution in [1.29, 1.82) is 0 Å². The summed E-state index contributed by atoms with van der Waals surface area (Å²) in [7, 11) is 0. The van der Waals surface area contributed by atoms with E-state index in [0.717, 1.165) is 40.0 Å². The number of aliphatic hydroxyl groups excluding tert-OH is 1. The monoisotopic (exact) mass is 378 g/mol. The van der Waals surface area contributed by atoms with Gasteiger partial charge >= 0.3 is 0 Å². The lowest BCUT2D eigenvalue weighted by atomic mass is 10.0. The van der Waals surface area contributed by atoms with Crippen LogP contribution in [0.25, 0.3) is 28.1 Å². The van der Waals surface area contributed by atoms with E-state index in [2.05, 4.69) is 25.3 Å². The molecule has 0 unspecified atom stereocenters. The van der Waals surface area contributed by atoms with E-state index in [1.807, 2.05) is 42.1 Å². The van der Waals surface area contributed by atoms with Crippen LogP contribution in [0.4, 0.5) is 0 Å². The Labute approximate surface area is 159 Å². The minimum absolute atomic E-state index is 0.262. The first-order valence-electron chi connectivity index (χ1n) is 8.89. The molecule has 0 saturated carbocycles. The Kier molecular flexibility index (Phi) is 4.14. The average molecular weight is 378 g/mol. The molecule has 0 amide bonds. The van der Waals surface area contributed by atoms with E-state index < -0.39 is 6.10 Å². The van der Waals surface area contributed by atoms with E-state index in [4.69, 9.17) is 0 Å². The second-order valence-electron chi connectivity index (χ2n) is 6.62. The zero-order valence-corrected chi connectivity index (χ0v) is 15.3. The maximum atomic E-state index is 10.6. The Morgan fingerprint density at radius 3 is 3.00 bits per heavy atom. The number of nitrogens with zero attached hydrogens (tertiary/aromatic N) is 5. The third-order valence-corrected chi connectivity index (χ3v) is 6.31. The van der Waals surface area contributed by atoms with Crippen molar-refractivity contribution in [2.45, 2.75) is 24.2 Å². The highest BCUT2D eigenvalue weighted by molar-refractivity contribution is 8.00. The van der Waals surface area contributed by atoms with Crippen LogP contribution in [-0.4, -0.2) is 46.1 Å². The van der Waals surface area contributed by atoms with E-state index in [1.54, 1.807) is 17.1 Å². The largest absolute Gasteiger partial charge is 0.387 e. The molecule has 1 aromatic carbocycles. The highest BCUT2D eigenvalue weighted by atomic mass is 32.2. The smallest absolute Gasteiger partial charge is 0.162 e. The molecule has 2 atom stereocenters. The van der Waals surface area contributed by atoms with Crippen molar-refractivity contribution in [3.63, 3.8) is 0 Å². The minimum Gasteiger partial charge on any atom is -0.387 e. The fraction of sp³-hybridized carbons (Fsp3) is 0.263. The van der Waals surface area contributed by atoms with Crippen molar-refractivity contribution in [3.05, 3.63) is 54.6 Å². The topological polar surface area (TPSA) is 92.5 Å². The highest BCUT2D eigenvalue weighted by Gasteiger charge is 2.25. The third-order valence-electron chi connectivity index (χ3n) is 4.87. The summed E-state index contributed by atoms with van der Waals surface area (Å²) in [6.45, 7) is 0. The van der Waals surface area contributed by atoms with Gasteiger partial charge in [0, 0.05) is 28.0 Å². The van der Waals surface area contributed by atoms with Crippen LogP contribution in [0.2, 0.25) is 0 Å². The molecule has 8 heteroatoms. The molecule has 1 aliphatic heterocycles. The number of rotatable bonds is 4. The molecule has 5 rings (SSSR count). The molecule has 27 heavy (non-hydrogen) atoms. The van der Waals surface area contributed by atoms with Crippen LogP contribution in [0.15, 0.2) is 49.1 Å². The number of thioether (sulfide) groups is 1. The minimum atomic E-state index is -0.479. The molecule has 0 radical (unpaired) electrons. The highest BCUT2D eigenvalue weighted by Crippen LogP contribution is 2.36. The van der Waals surface area contributed by atoms with E-state index in [1.165, 1.54) is 12.7 Å². The van der Waals surface area contributed by atoms with E-state index in [0.29, 0.717) is 5.82 Å². The molecule has 2 N–H and O–H groups in total. The number of nitrogens with one attached hydrogen (secondary N) is 1. The second kappa shape index (κ2) is 6.79. The van der Waals surface area contributed by atoms with Crippen molar-refractivity contribution in [1.82, 2.24) is 29.9 Å². The van der Waals surface area contributed by atoms with Gasteiger partial charge in [0.1, 0.15) is 6.33 Å². The number of fused-ring (bicyclic) bond motifs is 1. The number of aromatic nitrogens is 6. The van der Waals surface area contributed by atoms with Gasteiger partial charge in [-0.15, -0.1) is 0 Å². The number of aliphatic hydroxyl groups is 1. The molecule has 0 bridgehead atoms. The first-order valence-corrected chi connectivity index (χ1v) is 9.94. The molecule has 1 fully saturated rings. The Bertz CT molecular complexity index is 1070. The van der Waals surface area contributed by atoms with Crippen LogP contribution in [0.3, 0.4) is 0 Å². The molecular weight excluding hydrogens is 360 g/mol. The lowest BCUT2D eigenvalue weighted by molar-refractivity contribution is 0.173. The summed E-state index contributed by atoms with van der Waals surface area (Å²) in [4.78, 5) is 8.80. The Hall–Kier alpha value is -2.71. The molecule has 1 aliphatic rings. The molecule has 3 aromatic heterocycles. The van der Waals surface area contributed by atoms with Crippen molar-refractivity contribution >= 4 is 22.8 Å². The average Bonchev–Trinajstić information content (AvgIpc) is 3.48. The zero-order valence-electron chi connectivity index (χ0n) is 14.5. The van der Waals surface area contributed by atoms with Crippen LogP contribution in [0, 0.1) is 0 Å². The Morgan fingerprint density at radius 1 is 1.22 bits per heavy atom. The summed E-state index contributed by atoms with van der Waals surface area (Å²) in [6.07, 6.45) is 6.79. The first kappa shape index (κ1) is 16.5. The molecular formula is C19H18N6OS. The van der Waals surface area contributed by atoms with Crippen molar-refractivity contribution in [2.24, 2.45) is 0 Å². The van der Waals surface area contributed by atoms with Crippen LogP contribution < -0.4 is 0 Å². The quantitative estimate of drug-likeness (QED) is 0.567.